The first-order chi connectivity index (χ1) is 16.1. The second-order valence-corrected chi connectivity index (χ2v) is 8.52. The summed E-state index contributed by atoms with van der Waals surface area (Å²) in [6.07, 6.45) is -5.30. The van der Waals surface area contributed by atoms with Crippen molar-refractivity contribution in [2.24, 2.45) is 0 Å². The summed E-state index contributed by atoms with van der Waals surface area (Å²) >= 11 is 0.871. The fourth-order valence-corrected chi connectivity index (χ4v) is 4.51. The lowest BCUT2D eigenvalue weighted by Crippen LogP contribution is -2.14. The molecule has 2 atom stereocenters. The largest absolute Gasteiger partial charge is 0.484 e. The van der Waals surface area contributed by atoms with Crippen molar-refractivity contribution in [3.05, 3.63) is 76.4 Å². The predicted molar refractivity (Wildman–Crippen MR) is 118 cm³/mol. The molecule has 0 saturated carbocycles. The zero-order valence-corrected chi connectivity index (χ0v) is 18.5. The van der Waals surface area contributed by atoms with Crippen LogP contribution in [-0.2, 0) is 6.18 Å². The van der Waals surface area contributed by atoms with E-state index in [-0.39, 0.29) is 16.2 Å². The van der Waals surface area contributed by atoms with Gasteiger partial charge in [0.2, 0.25) is 0 Å². The van der Waals surface area contributed by atoms with Crippen LogP contribution in [0.2, 0.25) is 0 Å². The average molecular weight is 492 g/mol. The fourth-order valence-electron chi connectivity index (χ4n) is 3.59. The van der Waals surface area contributed by atoms with Gasteiger partial charge in [0.1, 0.15) is 29.3 Å². The number of ether oxygens (including phenoxy) is 1. The van der Waals surface area contributed by atoms with Crippen LogP contribution in [0.4, 0.5) is 13.2 Å². The number of fused-ring (bicyclic) bond motifs is 1. The number of aromatic carboxylic acids is 1. The Kier molecular flexibility index (Phi) is 6.34. The first-order valence-corrected chi connectivity index (χ1v) is 10.9. The van der Waals surface area contributed by atoms with E-state index in [0.717, 1.165) is 17.4 Å². The number of carbonyl (C=O) groups is 1. The van der Waals surface area contributed by atoms with E-state index in [1.807, 2.05) is 0 Å². The van der Waals surface area contributed by atoms with Crippen molar-refractivity contribution in [3.8, 4) is 10.8 Å². The van der Waals surface area contributed by atoms with Gasteiger partial charge in [-0.15, -0.1) is 11.3 Å². The number of carboxylic acid groups (broad SMARTS) is 1. The minimum absolute atomic E-state index is 0.0784. The van der Waals surface area contributed by atoms with Crippen LogP contribution in [0.15, 0.2) is 54.9 Å². The summed E-state index contributed by atoms with van der Waals surface area (Å²) in [4.78, 5) is 15.9. The Morgan fingerprint density at radius 2 is 1.94 bits per heavy atom. The second kappa shape index (κ2) is 9.09. The SMILES string of the molecule is C[C@@H](Oc1cc(-n2cnc3ccc(C(O)CO)cc32)sc1C(=O)O)c1ccccc1C(F)(F)F. The number of nitrogens with zero attached hydrogens (tertiary/aromatic N) is 2. The fraction of sp³-hybridized carbons (Fsp3) is 0.217. The molecule has 7 nitrogen and oxygen atoms in total. The molecule has 0 aliphatic rings. The highest BCUT2D eigenvalue weighted by molar-refractivity contribution is 7.16. The summed E-state index contributed by atoms with van der Waals surface area (Å²) in [5.41, 5.74) is 0.583. The second-order valence-electron chi connectivity index (χ2n) is 7.49. The third kappa shape index (κ3) is 4.49. The minimum atomic E-state index is -4.59. The van der Waals surface area contributed by atoms with Crippen molar-refractivity contribution >= 4 is 28.3 Å². The summed E-state index contributed by atoms with van der Waals surface area (Å²) in [6.45, 7) is 0.944. The van der Waals surface area contributed by atoms with Crippen molar-refractivity contribution < 1.29 is 38.0 Å². The van der Waals surface area contributed by atoms with Crippen molar-refractivity contribution in [2.45, 2.75) is 25.3 Å². The van der Waals surface area contributed by atoms with Crippen LogP contribution in [-0.4, -0.2) is 37.4 Å². The van der Waals surface area contributed by atoms with Gasteiger partial charge in [-0.3, -0.25) is 4.57 Å². The quantitative estimate of drug-likeness (QED) is 0.337. The highest BCUT2D eigenvalue weighted by Crippen LogP contribution is 2.39. The van der Waals surface area contributed by atoms with Gasteiger partial charge in [-0.1, -0.05) is 24.3 Å². The summed E-state index contributed by atoms with van der Waals surface area (Å²) in [5, 5.41) is 29.2. The molecule has 2 aromatic heterocycles. The topological polar surface area (TPSA) is 105 Å². The van der Waals surface area contributed by atoms with Gasteiger partial charge in [-0.25, -0.2) is 9.78 Å². The molecule has 0 saturated heterocycles. The molecule has 178 valence electrons. The molecule has 3 N–H and O–H groups in total. The van der Waals surface area contributed by atoms with Gasteiger partial charge in [-0.05, 0) is 30.7 Å². The monoisotopic (exact) mass is 492 g/mol. The molecular weight excluding hydrogens is 473 g/mol. The number of aliphatic hydroxyl groups excluding tert-OH is 2. The number of hydrogen-bond acceptors (Lipinski definition) is 6. The maximum Gasteiger partial charge on any atom is 0.416 e. The number of halogens is 3. The van der Waals surface area contributed by atoms with E-state index in [1.165, 1.54) is 37.5 Å². The Labute approximate surface area is 195 Å². The molecule has 0 aliphatic carbocycles. The van der Waals surface area contributed by atoms with E-state index in [1.54, 1.807) is 22.8 Å². The van der Waals surface area contributed by atoms with Gasteiger partial charge in [0.05, 0.1) is 23.2 Å². The predicted octanol–water partition coefficient (Wildman–Crippen LogP) is 4.97. The molecule has 1 unspecified atom stereocenters. The molecule has 0 fully saturated rings. The molecule has 0 bridgehead atoms. The number of alkyl halides is 3. The highest BCUT2D eigenvalue weighted by atomic mass is 32.1. The third-order valence-corrected chi connectivity index (χ3v) is 6.36. The maximum atomic E-state index is 13.4. The molecular formula is C23H19F3N2O5S. The van der Waals surface area contributed by atoms with Crippen LogP contribution in [0.1, 0.15) is 45.5 Å². The van der Waals surface area contributed by atoms with E-state index in [2.05, 4.69) is 4.98 Å². The summed E-state index contributed by atoms with van der Waals surface area (Å²) < 4.78 is 47.6. The molecule has 0 amide bonds. The van der Waals surface area contributed by atoms with Gasteiger partial charge in [0.25, 0.3) is 0 Å². The third-order valence-electron chi connectivity index (χ3n) is 5.25. The maximum absolute atomic E-state index is 13.4. The number of aromatic nitrogens is 2. The first-order valence-electron chi connectivity index (χ1n) is 10.1. The normalized spacial score (nSPS) is 13.7. The van der Waals surface area contributed by atoms with Crippen LogP contribution in [0.3, 0.4) is 0 Å². The molecule has 2 aromatic carbocycles. The minimum Gasteiger partial charge on any atom is -0.484 e. The van der Waals surface area contributed by atoms with Gasteiger partial charge in [0.15, 0.2) is 4.88 Å². The van der Waals surface area contributed by atoms with E-state index < -0.39 is 36.5 Å². The van der Waals surface area contributed by atoms with Gasteiger partial charge < -0.3 is 20.1 Å². The van der Waals surface area contributed by atoms with Crippen LogP contribution in [0.25, 0.3) is 16.0 Å². The van der Waals surface area contributed by atoms with Crippen molar-refractivity contribution in [1.82, 2.24) is 9.55 Å². The molecule has 4 rings (SSSR count). The standard InChI is InChI=1S/C23H19F3N2O5S/c1-12(14-4-2-3-5-15(14)23(24,25)26)33-19-9-20(34-21(19)22(31)32)28-11-27-16-7-6-13(8-17(16)28)18(30)10-29/h2-9,11-12,18,29-30H,10H2,1H3,(H,31,32)/t12-,18?/m1/s1. The van der Waals surface area contributed by atoms with Crippen molar-refractivity contribution in [3.63, 3.8) is 0 Å². The Morgan fingerprint density at radius 1 is 1.21 bits per heavy atom. The molecule has 4 aromatic rings. The summed E-state index contributed by atoms with van der Waals surface area (Å²) in [6, 6.07) is 11.3. The number of hydrogen-bond donors (Lipinski definition) is 3. The smallest absolute Gasteiger partial charge is 0.416 e. The van der Waals surface area contributed by atoms with E-state index in [9.17, 15) is 33.3 Å². The van der Waals surface area contributed by atoms with Crippen molar-refractivity contribution in [2.75, 3.05) is 6.61 Å². The van der Waals surface area contributed by atoms with Gasteiger partial charge in [0, 0.05) is 11.6 Å². The Bertz CT molecular complexity index is 1350. The van der Waals surface area contributed by atoms with Crippen LogP contribution >= 0.6 is 11.3 Å². The summed E-state index contributed by atoms with van der Waals surface area (Å²) in [7, 11) is 0. The summed E-state index contributed by atoms with van der Waals surface area (Å²) in [5.74, 6) is -1.37. The number of carboxylic acids is 1. The number of thiophene rings is 1. The number of aliphatic hydroxyl groups is 2. The number of benzene rings is 2. The van der Waals surface area contributed by atoms with E-state index >= 15 is 0 Å². The lowest BCUT2D eigenvalue weighted by molar-refractivity contribution is -0.139. The van der Waals surface area contributed by atoms with Crippen molar-refractivity contribution in [1.29, 1.82) is 0 Å². The number of imidazole rings is 1. The zero-order valence-electron chi connectivity index (χ0n) is 17.7. The molecule has 0 aliphatic heterocycles. The van der Waals surface area contributed by atoms with E-state index in [4.69, 9.17) is 4.74 Å². The highest BCUT2D eigenvalue weighted by Gasteiger charge is 2.35. The first kappa shape index (κ1) is 23.7. The molecule has 0 spiro atoms. The molecule has 2 heterocycles. The Balaban J connectivity index is 1.74. The average Bonchev–Trinajstić information content (AvgIpc) is 3.41. The molecule has 34 heavy (non-hydrogen) atoms. The molecule has 11 heteroatoms. The Hall–Kier alpha value is -3.41. The van der Waals surface area contributed by atoms with Gasteiger partial charge >= 0.3 is 12.1 Å². The Morgan fingerprint density at radius 3 is 2.62 bits per heavy atom. The van der Waals surface area contributed by atoms with Crippen LogP contribution in [0.5, 0.6) is 5.75 Å². The zero-order chi connectivity index (χ0) is 24.6. The lowest BCUT2D eigenvalue weighted by Gasteiger charge is -2.19. The van der Waals surface area contributed by atoms with Crippen LogP contribution < -0.4 is 4.74 Å². The van der Waals surface area contributed by atoms with E-state index in [0.29, 0.717) is 21.6 Å². The van der Waals surface area contributed by atoms with Crippen LogP contribution in [0, 0.1) is 0 Å². The van der Waals surface area contributed by atoms with Gasteiger partial charge in [-0.2, -0.15) is 13.2 Å². The number of rotatable bonds is 7. The lowest BCUT2D eigenvalue weighted by atomic mass is 10.0. The molecule has 0 radical (unpaired) electrons.